The van der Waals surface area contributed by atoms with Crippen LogP contribution in [0.25, 0.3) is 0 Å². The zero-order chi connectivity index (χ0) is 14.1. The summed E-state index contributed by atoms with van der Waals surface area (Å²) < 4.78 is 75.5. The lowest BCUT2D eigenvalue weighted by atomic mass is 9.98. The molecule has 0 radical (unpaired) electrons. The number of halogens is 7. The fourth-order valence-electron chi connectivity index (χ4n) is 1.46. The van der Waals surface area contributed by atoms with Gasteiger partial charge in [0.05, 0.1) is 11.1 Å². The van der Waals surface area contributed by atoms with Gasteiger partial charge in [-0.1, -0.05) is 0 Å². The molecule has 0 aliphatic rings. The smallest absolute Gasteiger partial charge is 0.298 e. The lowest BCUT2D eigenvalue weighted by Crippen LogP contribution is -2.19. The van der Waals surface area contributed by atoms with Gasteiger partial charge in [-0.25, -0.2) is 0 Å². The van der Waals surface area contributed by atoms with Crippen LogP contribution in [-0.4, -0.2) is 6.29 Å². The van der Waals surface area contributed by atoms with Crippen molar-refractivity contribution in [2.24, 2.45) is 0 Å². The Bertz CT molecular complexity index is 463. The molecule has 8 heteroatoms. The zero-order valence-electron chi connectivity index (χ0n) is 8.49. The first-order valence-electron chi connectivity index (χ1n) is 4.43. The Morgan fingerprint density at radius 1 is 1.06 bits per heavy atom. The molecule has 0 bridgehead atoms. The van der Waals surface area contributed by atoms with Gasteiger partial charge in [0.25, 0.3) is 0 Å². The van der Waals surface area contributed by atoms with Gasteiger partial charge < -0.3 is 0 Å². The predicted octanol–water partition coefficient (Wildman–Crippen LogP) is 4.28. The minimum Gasteiger partial charge on any atom is -0.298 e. The van der Waals surface area contributed by atoms with Gasteiger partial charge in [-0.05, 0) is 17.7 Å². The monoisotopic (exact) mass is 290 g/mol. The lowest BCUT2D eigenvalue weighted by molar-refractivity contribution is -0.162. The molecule has 0 atom stereocenters. The molecule has 0 N–H and O–H groups in total. The Morgan fingerprint density at radius 3 is 1.94 bits per heavy atom. The van der Waals surface area contributed by atoms with Crippen LogP contribution in [0.3, 0.4) is 0 Å². The lowest BCUT2D eigenvalue weighted by Gasteiger charge is -2.18. The van der Waals surface area contributed by atoms with Crippen molar-refractivity contribution in [2.45, 2.75) is 18.2 Å². The maximum absolute atomic E-state index is 12.6. The van der Waals surface area contributed by atoms with Crippen molar-refractivity contribution in [3.05, 3.63) is 34.4 Å². The minimum absolute atomic E-state index is 0.0332. The topological polar surface area (TPSA) is 17.1 Å². The molecule has 0 aliphatic carbocycles. The van der Waals surface area contributed by atoms with E-state index in [-0.39, 0.29) is 12.4 Å². The van der Waals surface area contributed by atoms with Crippen molar-refractivity contribution in [3.63, 3.8) is 0 Å². The standard InChI is InChI=1S/C10H5ClF6O/c11-3-6-1-5(4-18)2-7(9(12,13)14)8(6)10(15,16)17/h1-2,4H,3H2. The van der Waals surface area contributed by atoms with E-state index in [1.54, 1.807) is 0 Å². The SMILES string of the molecule is O=Cc1cc(CCl)c(C(F)(F)F)c(C(F)(F)F)c1. The van der Waals surface area contributed by atoms with Crippen LogP contribution in [0.5, 0.6) is 0 Å². The van der Waals surface area contributed by atoms with Crippen LogP contribution in [-0.2, 0) is 18.2 Å². The Labute approximate surface area is 102 Å². The van der Waals surface area contributed by atoms with Crippen molar-refractivity contribution < 1.29 is 31.1 Å². The molecular formula is C10H5ClF6O. The second-order valence-electron chi connectivity index (χ2n) is 3.35. The average Bonchev–Trinajstić information content (AvgIpc) is 2.24. The number of carbonyl (C=O) groups is 1. The number of rotatable bonds is 2. The molecule has 0 aromatic heterocycles. The number of aldehydes is 1. The fourth-order valence-corrected chi connectivity index (χ4v) is 1.67. The third-order valence-electron chi connectivity index (χ3n) is 2.11. The summed E-state index contributed by atoms with van der Waals surface area (Å²) in [6.45, 7) is 0. The molecule has 1 rings (SSSR count). The van der Waals surface area contributed by atoms with E-state index in [4.69, 9.17) is 11.6 Å². The number of benzene rings is 1. The van der Waals surface area contributed by atoms with Crippen LogP contribution < -0.4 is 0 Å². The quantitative estimate of drug-likeness (QED) is 0.451. The van der Waals surface area contributed by atoms with E-state index < -0.39 is 40.5 Å². The van der Waals surface area contributed by atoms with E-state index in [9.17, 15) is 31.1 Å². The van der Waals surface area contributed by atoms with Gasteiger partial charge in [0.1, 0.15) is 6.29 Å². The third-order valence-corrected chi connectivity index (χ3v) is 2.40. The van der Waals surface area contributed by atoms with Gasteiger partial charge in [-0.3, -0.25) is 4.79 Å². The Morgan fingerprint density at radius 2 is 1.61 bits per heavy atom. The summed E-state index contributed by atoms with van der Waals surface area (Å²) in [5.74, 6) is -0.778. The van der Waals surface area contributed by atoms with Gasteiger partial charge in [0.2, 0.25) is 0 Å². The summed E-state index contributed by atoms with van der Waals surface area (Å²) in [4.78, 5) is 10.4. The van der Waals surface area contributed by atoms with E-state index in [0.717, 1.165) is 0 Å². The second kappa shape index (κ2) is 4.79. The van der Waals surface area contributed by atoms with Gasteiger partial charge in [0.15, 0.2) is 0 Å². The van der Waals surface area contributed by atoms with Crippen molar-refractivity contribution in [2.75, 3.05) is 0 Å². The highest BCUT2D eigenvalue weighted by molar-refractivity contribution is 6.17. The molecule has 1 aromatic rings. The molecule has 0 amide bonds. The predicted molar refractivity (Wildman–Crippen MR) is 51.4 cm³/mol. The third kappa shape index (κ3) is 2.95. The molecule has 1 nitrogen and oxygen atoms in total. The van der Waals surface area contributed by atoms with Crippen molar-refractivity contribution >= 4 is 17.9 Å². The van der Waals surface area contributed by atoms with Crippen molar-refractivity contribution in [3.8, 4) is 0 Å². The summed E-state index contributed by atoms with van der Waals surface area (Å²) in [5, 5.41) is 0. The van der Waals surface area contributed by atoms with E-state index in [1.165, 1.54) is 0 Å². The van der Waals surface area contributed by atoms with Crippen LogP contribution >= 0.6 is 11.6 Å². The van der Waals surface area contributed by atoms with Crippen LogP contribution in [0.1, 0.15) is 27.0 Å². The number of hydrogen-bond donors (Lipinski definition) is 0. The van der Waals surface area contributed by atoms with Gasteiger partial charge in [-0.15, -0.1) is 11.6 Å². The normalized spacial score (nSPS) is 12.6. The molecule has 100 valence electrons. The fraction of sp³-hybridized carbons (Fsp3) is 0.300. The average molecular weight is 291 g/mol. The summed E-state index contributed by atoms with van der Waals surface area (Å²) in [6, 6.07) is 0.851. The first kappa shape index (κ1) is 14.8. The molecule has 0 spiro atoms. The molecule has 0 fully saturated rings. The van der Waals surface area contributed by atoms with E-state index in [1.807, 2.05) is 0 Å². The molecule has 18 heavy (non-hydrogen) atoms. The highest BCUT2D eigenvalue weighted by Crippen LogP contribution is 2.42. The first-order chi connectivity index (χ1) is 8.11. The van der Waals surface area contributed by atoms with E-state index in [0.29, 0.717) is 6.07 Å². The van der Waals surface area contributed by atoms with Crippen LogP contribution in [0.2, 0.25) is 0 Å². The van der Waals surface area contributed by atoms with Gasteiger partial charge in [-0.2, -0.15) is 26.3 Å². The number of hydrogen-bond acceptors (Lipinski definition) is 1. The molecule has 1 aromatic carbocycles. The van der Waals surface area contributed by atoms with Crippen molar-refractivity contribution in [1.29, 1.82) is 0 Å². The maximum atomic E-state index is 12.6. The molecular weight excluding hydrogens is 286 g/mol. The Hall–Kier alpha value is -1.24. The van der Waals surface area contributed by atoms with Crippen LogP contribution in [0, 0.1) is 0 Å². The Kier molecular flexibility index (Phi) is 3.95. The number of carbonyl (C=O) groups excluding carboxylic acids is 1. The summed E-state index contributed by atoms with van der Waals surface area (Å²) in [6.07, 6.45) is -10.4. The minimum atomic E-state index is -5.22. The molecule has 0 saturated carbocycles. The summed E-state index contributed by atoms with van der Waals surface area (Å²) in [5.41, 5.74) is -5.04. The first-order valence-corrected chi connectivity index (χ1v) is 4.97. The largest absolute Gasteiger partial charge is 0.417 e. The second-order valence-corrected chi connectivity index (χ2v) is 3.62. The van der Waals surface area contributed by atoms with Gasteiger partial charge in [0, 0.05) is 11.4 Å². The molecule has 0 saturated heterocycles. The van der Waals surface area contributed by atoms with Crippen LogP contribution in [0.4, 0.5) is 26.3 Å². The van der Waals surface area contributed by atoms with Crippen LogP contribution in [0.15, 0.2) is 12.1 Å². The zero-order valence-corrected chi connectivity index (χ0v) is 9.25. The van der Waals surface area contributed by atoms with E-state index >= 15 is 0 Å². The van der Waals surface area contributed by atoms with Gasteiger partial charge >= 0.3 is 12.4 Å². The van der Waals surface area contributed by atoms with Crippen molar-refractivity contribution in [1.82, 2.24) is 0 Å². The summed E-state index contributed by atoms with van der Waals surface area (Å²) >= 11 is 5.21. The highest BCUT2D eigenvalue weighted by atomic mass is 35.5. The number of alkyl halides is 7. The molecule has 0 heterocycles. The molecule has 0 aliphatic heterocycles. The molecule has 0 unspecified atom stereocenters. The van der Waals surface area contributed by atoms with E-state index in [2.05, 4.69) is 0 Å². The maximum Gasteiger partial charge on any atom is 0.417 e. The Balaban J connectivity index is 3.69. The summed E-state index contributed by atoms with van der Waals surface area (Å²) in [7, 11) is 0. The highest BCUT2D eigenvalue weighted by Gasteiger charge is 2.44.